The van der Waals surface area contributed by atoms with Gasteiger partial charge in [0.1, 0.15) is 6.61 Å². The minimum atomic E-state index is -2.55. The van der Waals surface area contributed by atoms with Crippen LogP contribution in [-0.4, -0.2) is 146 Å². The van der Waals surface area contributed by atoms with Gasteiger partial charge in [0.2, 0.25) is 0 Å². The topological polar surface area (TPSA) is 119 Å². The quantitative estimate of drug-likeness (QED) is 0.0357. The minimum Gasteiger partial charge on any atom is -0.463 e. The summed E-state index contributed by atoms with van der Waals surface area (Å²) in [4.78, 5) is 12.0. The fourth-order valence-corrected chi connectivity index (χ4v) is 12.3. The van der Waals surface area contributed by atoms with Crippen LogP contribution in [0.2, 0.25) is 5.04 Å². The molecule has 0 fully saturated rings. The molecule has 0 spiro atoms. The molecule has 12 nitrogen and oxygen atoms in total. The highest BCUT2D eigenvalue weighted by Crippen LogP contribution is 2.36. The predicted octanol–water partition coefficient (Wildman–Crippen LogP) is 9.52. The number of esters is 1. The van der Waals surface area contributed by atoms with Crippen molar-refractivity contribution in [2.24, 2.45) is 0 Å². The van der Waals surface area contributed by atoms with Crippen molar-refractivity contribution in [3.63, 3.8) is 0 Å². The van der Waals surface area contributed by atoms with Gasteiger partial charge in [-0.2, -0.15) is 0 Å². The van der Waals surface area contributed by atoms with Crippen LogP contribution in [0.4, 0.5) is 0 Å². The zero-order valence-corrected chi connectivity index (χ0v) is 43.6. The van der Waals surface area contributed by atoms with Gasteiger partial charge in [0, 0.05) is 6.42 Å². The van der Waals surface area contributed by atoms with Crippen LogP contribution in [0, 0.1) is 0 Å². The van der Waals surface area contributed by atoms with E-state index in [0.29, 0.717) is 132 Å². The number of carbonyl (C=O) groups excluding carboxylic acids is 1. The van der Waals surface area contributed by atoms with E-state index in [2.05, 4.69) is 88.4 Å². The number of hydrogen-bond donors (Lipinski definition) is 0. The summed E-state index contributed by atoms with van der Waals surface area (Å²) in [5.41, 5.74) is 0. The Morgan fingerprint density at radius 1 is 0.373 bits per heavy atom. The van der Waals surface area contributed by atoms with Crippen LogP contribution in [0.1, 0.15) is 130 Å². The van der Waals surface area contributed by atoms with Crippen LogP contribution in [0.15, 0.2) is 60.7 Å². The number of rotatable bonds is 49. The number of benzene rings is 2. The van der Waals surface area contributed by atoms with Crippen LogP contribution in [0.3, 0.4) is 0 Å². The first-order valence-electron chi connectivity index (χ1n) is 26.0. The van der Waals surface area contributed by atoms with Crippen molar-refractivity contribution in [3.8, 4) is 0 Å². The average Bonchev–Trinajstić information content (AvgIpc) is 3.33. The van der Waals surface area contributed by atoms with Gasteiger partial charge in [-0.05, 0) is 21.8 Å². The Morgan fingerprint density at radius 2 is 0.642 bits per heavy atom. The fourth-order valence-electron chi connectivity index (χ4n) is 7.80. The van der Waals surface area contributed by atoms with Crippen LogP contribution in [0.25, 0.3) is 0 Å². The van der Waals surface area contributed by atoms with E-state index >= 15 is 0 Å². The molecule has 0 aromatic heterocycles. The molecule has 67 heavy (non-hydrogen) atoms. The number of ether oxygens (including phenoxy) is 10. The lowest BCUT2D eigenvalue weighted by Gasteiger charge is -2.43. The molecule has 0 bridgehead atoms. The Kier molecular flexibility index (Phi) is 39.7. The second-order valence-corrected chi connectivity index (χ2v) is 22.2. The van der Waals surface area contributed by atoms with E-state index in [9.17, 15) is 4.79 Å². The van der Waals surface area contributed by atoms with Gasteiger partial charge in [-0.25, -0.2) is 0 Å². The zero-order chi connectivity index (χ0) is 48.0. The molecular weight excluding hydrogens is 869 g/mol. The lowest BCUT2D eigenvalue weighted by Crippen LogP contribution is -2.66. The van der Waals surface area contributed by atoms with Gasteiger partial charge in [-0.3, -0.25) is 4.79 Å². The Hall–Kier alpha value is -2.27. The largest absolute Gasteiger partial charge is 0.463 e. The molecule has 0 N–H and O–H groups in total. The first kappa shape index (κ1) is 60.8. The third-order valence-electron chi connectivity index (χ3n) is 11.4. The van der Waals surface area contributed by atoms with E-state index in [1.54, 1.807) is 0 Å². The Labute approximate surface area is 408 Å². The summed E-state index contributed by atoms with van der Waals surface area (Å²) < 4.78 is 62.5. The summed E-state index contributed by atoms with van der Waals surface area (Å²) in [6, 6.07) is 21.3. The molecule has 2 rings (SSSR count). The monoisotopic (exact) mass is 963 g/mol. The zero-order valence-electron chi connectivity index (χ0n) is 42.6. The molecule has 386 valence electrons. The molecule has 0 unspecified atom stereocenters. The lowest BCUT2D eigenvalue weighted by molar-refractivity contribution is -0.145. The summed E-state index contributed by atoms with van der Waals surface area (Å²) in [5.74, 6) is -0.131. The van der Waals surface area contributed by atoms with E-state index in [1.165, 1.54) is 93.8 Å². The van der Waals surface area contributed by atoms with Crippen molar-refractivity contribution in [2.45, 2.75) is 135 Å². The molecule has 0 amide bonds. The van der Waals surface area contributed by atoms with Crippen molar-refractivity contribution in [2.75, 3.05) is 132 Å². The number of unbranched alkanes of at least 4 members (excludes halogenated alkanes) is 14. The summed E-state index contributed by atoms with van der Waals surface area (Å²) in [5, 5.41) is 2.47. The van der Waals surface area contributed by atoms with E-state index in [4.69, 9.17) is 51.8 Å². The molecule has 2 aromatic carbocycles. The summed E-state index contributed by atoms with van der Waals surface area (Å²) in [6.07, 6.45) is 20.2. The summed E-state index contributed by atoms with van der Waals surface area (Å²) >= 11 is 0. The maximum absolute atomic E-state index is 12.0. The van der Waals surface area contributed by atoms with Gasteiger partial charge in [0.15, 0.2) is 0 Å². The standard InChI is InChI=1S/C54H94O12Si/c1-5-6-7-8-9-10-11-12-13-14-15-16-17-18-25-30-53(55)65-49-47-63-45-43-61-41-39-59-37-35-57-33-31-56-32-34-58-36-38-60-40-42-62-44-46-64-48-50-66-67(54(2,3)4,51-26-21-19-22-27-51)52-28-23-20-24-29-52/h19-24,26-29H,5-18,25,30-50H2,1-4H3. The molecule has 0 saturated heterocycles. The van der Waals surface area contributed by atoms with Crippen LogP contribution in [0.5, 0.6) is 0 Å². The van der Waals surface area contributed by atoms with Gasteiger partial charge in [0.25, 0.3) is 8.32 Å². The number of carbonyl (C=O) groups is 1. The SMILES string of the molecule is CCCCCCCCCCCCCCCCCC(=O)OCCOCCOCCOCCOCCOCCOCCOCCOCCOCCO[Si](c1ccccc1)(c1ccccc1)C(C)(C)C. The third-order valence-corrected chi connectivity index (χ3v) is 16.5. The molecule has 13 heteroatoms. The molecule has 0 saturated carbocycles. The fraction of sp³-hybridized carbons (Fsp3) is 0.759. The molecule has 2 aromatic rings. The molecular formula is C54H94O12Si. The highest BCUT2D eigenvalue weighted by atomic mass is 28.4. The summed E-state index contributed by atoms with van der Waals surface area (Å²) in [7, 11) is -2.55. The predicted molar refractivity (Wildman–Crippen MR) is 271 cm³/mol. The maximum atomic E-state index is 12.0. The van der Waals surface area contributed by atoms with E-state index in [1.807, 2.05) is 0 Å². The van der Waals surface area contributed by atoms with Crippen molar-refractivity contribution >= 4 is 24.7 Å². The van der Waals surface area contributed by atoms with E-state index in [-0.39, 0.29) is 17.6 Å². The average molecular weight is 963 g/mol. The highest BCUT2D eigenvalue weighted by molar-refractivity contribution is 6.99. The first-order valence-corrected chi connectivity index (χ1v) is 27.9. The Balaban J connectivity index is 1.23. The smallest absolute Gasteiger partial charge is 0.305 e. The van der Waals surface area contributed by atoms with Crippen LogP contribution in [-0.2, 0) is 56.6 Å². The van der Waals surface area contributed by atoms with E-state index in [0.717, 1.165) is 12.8 Å². The molecule has 0 radical (unpaired) electrons. The number of hydrogen-bond acceptors (Lipinski definition) is 12. The second-order valence-electron chi connectivity index (χ2n) is 17.9. The van der Waals surface area contributed by atoms with Crippen molar-refractivity contribution in [1.82, 2.24) is 0 Å². The highest BCUT2D eigenvalue weighted by Gasteiger charge is 2.50. The molecule has 0 atom stereocenters. The van der Waals surface area contributed by atoms with E-state index < -0.39 is 8.32 Å². The normalized spacial score (nSPS) is 12.0. The molecule has 0 aliphatic rings. The second kappa shape index (κ2) is 43.7. The van der Waals surface area contributed by atoms with Gasteiger partial charge >= 0.3 is 5.97 Å². The Morgan fingerprint density at radius 3 is 0.940 bits per heavy atom. The molecule has 0 aliphatic heterocycles. The van der Waals surface area contributed by atoms with Gasteiger partial charge in [-0.1, -0.05) is 178 Å². The lowest BCUT2D eigenvalue weighted by atomic mass is 10.0. The minimum absolute atomic E-state index is 0.0605. The van der Waals surface area contributed by atoms with Crippen LogP contribution >= 0.6 is 0 Å². The van der Waals surface area contributed by atoms with Gasteiger partial charge in [0.05, 0.1) is 126 Å². The van der Waals surface area contributed by atoms with Crippen LogP contribution < -0.4 is 10.4 Å². The van der Waals surface area contributed by atoms with Crippen molar-refractivity contribution in [1.29, 1.82) is 0 Å². The first-order chi connectivity index (χ1) is 32.9. The Bertz CT molecular complexity index is 1310. The molecule has 0 heterocycles. The molecule has 0 aliphatic carbocycles. The summed E-state index contributed by atoms with van der Waals surface area (Å²) in [6.45, 7) is 18.7. The maximum Gasteiger partial charge on any atom is 0.305 e. The van der Waals surface area contributed by atoms with Gasteiger partial charge in [-0.15, -0.1) is 0 Å². The van der Waals surface area contributed by atoms with Gasteiger partial charge < -0.3 is 51.8 Å². The van der Waals surface area contributed by atoms with Crippen molar-refractivity contribution < 1.29 is 56.6 Å². The third kappa shape index (κ3) is 32.3. The van der Waals surface area contributed by atoms with Crippen molar-refractivity contribution in [3.05, 3.63) is 60.7 Å².